The minimum Gasteiger partial charge on any atom is -0.493 e. The van der Waals surface area contributed by atoms with Gasteiger partial charge in [-0.2, -0.15) is 13.2 Å². The van der Waals surface area contributed by atoms with Crippen LogP contribution in [0.25, 0.3) is 0 Å². The van der Waals surface area contributed by atoms with Gasteiger partial charge >= 0.3 is 18.1 Å². The van der Waals surface area contributed by atoms with Gasteiger partial charge in [0.05, 0.1) is 42.9 Å². The van der Waals surface area contributed by atoms with Crippen LogP contribution in [0.1, 0.15) is 29.5 Å². The number of esters is 1. The van der Waals surface area contributed by atoms with E-state index in [-0.39, 0.29) is 41.5 Å². The quantitative estimate of drug-likeness (QED) is 0.161. The number of halogens is 5. The highest BCUT2D eigenvalue weighted by molar-refractivity contribution is 5.98. The number of ether oxygens (including phenoxy) is 3. The SMILES string of the molecule is COC(=O)C[C@@H]1COc2cc(N(C(=O)C(F)(F)F)[C@@H]3COc4c(Nc5cc(F)c(F)cc5[N+](=O)[O-])cccc43)ccc21. The van der Waals surface area contributed by atoms with Crippen molar-refractivity contribution in [3.8, 4) is 11.5 Å². The number of nitrogens with one attached hydrogen (secondary N) is 1. The summed E-state index contributed by atoms with van der Waals surface area (Å²) in [6.45, 7) is -0.347. The molecule has 2 aliphatic rings. The fourth-order valence-electron chi connectivity index (χ4n) is 4.92. The maximum absolute atomic E-state index is 13.9. The van der Waals surface area contributed by atoms with Crippen molar-refractivity contribution in [3.05, 3.63) is 81.4 Å². The molecule has 10 nitrogen and oxygen atoms in total. The molecule has 0 saturated carbocycles. The molecular weight excluding hydrogens is 573 g/mol. The molecule has 2 heterocycles. The average Bonchev–Trinajstić information content (AvgIpc) is 3.55. The van der Waals surface area contributed by atoms with E-state index in [2.05, 4.69) is 10.1 Å². The molecule has 0 aliphatic carbocycles. The summed E-state index contributed by atoms with van der Waals surface area (Å²) in [5, 5.41) is 14.0. The fraction of sp³-hybridized carbons (Fsp3) is 0.259. The van der Waals surface area contributed by atoms with Crippen LogP contribution in [0.15, 0.2) is 48.5 Å². The van der Waals surface area contributed by atoms with E-state index in [1.807, 2.05) is 0 Å². The number of rotatable bonds is 7. The van der Waals surface area contributed by atoms with Crippen LogP contribution < -0.4 is 19.7 Å². The van der Waals surface area contributed by atoms with Crippen molar-refractivity contribution in [2.45, 2.75) is 24.6 Å². The highest BCUT2D eigenvalue weighted by atomic mass is 19.4. The highest BCUT2D eigenvalue weighted by Gasteiger charge is 2.48. The van der Waals surface area contributed by atoms with Gasteiger partial charge in [-0.25, -0.2) is 8.78 Å². The molecule has 0 unspecified atom stereocenters. The van der Waals surface area contributed by atoms with E-state index in [1.165, 1.54) is 43.5 Å². The van der Waals surface area contributed by atoms with Gasteiger partial charge in [0.1, 0.15) is 23.8 Å². The average molecular weight is 593 g/mol. The predicted molar refractivity (Wildman–Crippen MR) is 136 cm³/mol. The highest BCUT2D eigenvalue weighted by Crippen LogP contribution is 2.47. The van der Waals surface area contributed by atoms with Crippen LogP contribution in [-0.4, -0.2) is 43.3 Å². The predicted octanol–water partition coefficient (Wildman–Crippen LogP) is 5.68. The molecule has 15 heteroatoms. The van der Waals surface area contributed by atoms with Gasteiger partial charge in [0.25, 0.3) is 5.69 Å². The van der Waals surface area contributed by atoms with Gasteiger partial charge in [-0.3, -0.25) is 24.6 Å². The second-order valence-corrected chi connectivity index (χ2v) is 9.40. The minimum atomic E-state index is -5.28. The Morgan fingerprint density at radius 3 is 2.48 bits per heavy atom. The van der Waals surface area contributed by atoms with E-state index in [0.29, 0.717) is 22.6 Å². The summed E-state index contributed by atoms with van der Waals surface area (Å²) in [6.07, 6.45) is -5.29. The maximum Gasteiger partial charge on any atom is 0.471 e. The van der Waals surface area contributed by atoms with Crippen molar-refractivity contribution in [2.75, 3.05) is 30.5 Å². The molecular formula is C27H20F5N3O7. The summed E-state index contributed by atoms with van der Waals surface area (Å²) in [5.41, 5.74) is -0.699. The summed E-state index contributed by atoms with van der Waals surface area (Å²) in [6, 6.07) is 7.86. The summed E-state index contributed by atoms with van der Waals surface area (Å²) in [5.74, 6) is -5.74. The molecule has 42 heavy (non-hydrogen) atoms. The Bertz CT molecular complexity index is 1600. The molecule has 3 aromatic carbocycles. The third kappa shape index (κ3) is 5.24. The van der Waals surface area contributed by atoms with Crippen molar-refractivity contribution in [3.63, 3.8) is 0 Å². The Kier molecular flexibility index (Phi) is 7.34. The first-order chi connectivity index (χ1) is 19.9. The zero-order valence-electron chi connectivity index (χ0n) is 21.5. The largest absolute Gasteiger partial charge is 0.493 e. The van der Waals surface area contributed by atoms with Crippen molar-refractivity contribution in [2.24, 2.45) is 0 Å². The van der Waals surface area contributed by atoms with Crippen LogP contribution in [-0.2, 0) is 14.3 Å². The number of para-hydroxylation sites is 1. The van der Waals surface area contributed by atoms with E-state index in [1.54, 1.807) is 0 Å². The first kappa shape index (κ1) is 28.6. The molecule has 0 saturated heterocycles. The molecule has 1 N–H and O–H groups in total. The van der Waals surface area contributed by atoms with Gasteiger partial charge in [-0.1, -0.05) is 18.2 Å². The molecule has 1 amide bonds. The Labute approximate surface area is 233 Å². The summed E-state index contributed by atoms with van der Waals surface area (Å²) < 4.78 is 85.0. The van der Waals surface area contributed by atoms with Gasteiger partial charge in [-0.15, -0.1) is 0 Å². The van der Waals surface area contributed by atoms with Gasteiger partial charge in [0, 0.05) is 34.9 Å². The number of nitro benzene ring substituents is 1. The number of fused-ring (bicyclic) bond motifs is 2. The van der Waals surface area contributed by atoms with Crippen molar-refractivity contribution < 1.29 is 50.7 Å². The van der Waals surface area contributed by atoms with Gasteiger partial charge in [0.2, 0.25) is 0 Å². The molecule has 0 radical (unpaired) electrons. The van der Waals surface area contributed by atoms with Gasteiger partial charge in [0.15, 0.2) is 11.6 Å². The number of anilines is 3. The molecule has 220 valence electrons. The lowest BCUT2D eigenvalue weighted by Gasteiger charge is -2.29. The zero-order chi connectivity index (χ0) is 30.3. The fourth-order valence-corrected chi connectivity index (χ4v) is 4.92. The smallest absolute Gasteiger partial charge is 0.471 e. The number of hydrogen-bond acceptors (Lipinski definition) is 8. The topological polar surface area (TPSA) is 120 Å². The second kappa shape index (κ2) is 10.8. The Morgan fingerprint density at radius 2 is 1.79 bits per heavy atom. The zero-order valence-corrected chi connectivity index (χ0v) is 21.5. The third-order valence-corrected chi connectivity index (χ3v) is 6.86. The molecule has 0 fully saturated rings. The first-order valence-corrected chi connectivity index (χ1v) is 12.3. The number of carbonyl (C=O) groups is 2. The van der Waals surface area contributed by atoms with E-state index in [0.717, 1.165) is 0 Å². The lowest BCUT2D eigenvalue weighted by molar-refractivity contribution is -0.384. The summed E-state index contributed by atoms with van der Waals surface area (Å²) >= 11 is 0. The van der Waals surface area contributed by atoms with Crippen molar-refractivity contribution in [1.82, 2.24) is 0 Å². The maximum atomic E-state index is 13.9. The number of nitro groups is 1. The van der Waals surface area contributed by atoms with Crippen LogP contribution in [0.2, 0.25) is 0 Å². The normalized spacial score (nSPS) is 17.0. The number of methoxy groups -OCH3 is 1. The third-order valence-electron chi connectivity index (χ3n) is 6.86. The van der Waals surface area contributed by atoms with Gasteiger partial charge < -0.3 is 19.5 Å². The monoisotopic (exact) mass is 593 g/mol. The van der Waals surface area contributed by atoms with Gasteiger partial charge in [-0.05, 0) is 12.1 Å². The van der Waals surface area contributed by atoms with Crippen LogP contribution in [0.3, 0.4) is 0 Å². The van der Waals surface area contributed by atoms with Crippen molar-refractivity contribution in [1.29, 1.82) is 0 Å². The molecule has 5 rings (SSSR count). The number of nitrogens with zero attached hydrogens (tertiary/aromatic N) is 2. The van der Waals surface area contributed by atoms with E-state index in [9.17, 15) is 41.7 Å². The Morgan fingerprint density at radius 1 is 1.05 bits per heavy atom. The number of benzene rings is 3. The summed E-state index contributed by atoms with van der Waals surface area (Å²) in [4.78, 5) is 35.5. The molecule has 0 aromatic heterocycles. The number of amides is 1. The van der Waals surface area contributed by atoms with Crippen LogP contribution in [0.5, 0.6) is 11.5 Å². The molecule has 0 spiro atoms. The molecule has 0 bridgehead atoms. The second-order valence-electron chi connectivity index (χ2n) is 9.40. The standard InChI is InChI=1S/C27H20F5N3O7/c1-40-24(36)7-13-11-41-23-8-14(5-6-15(13)23)34(26(37)27(30,31)32)22-12-42-25-16(22)3-2-4-19(25)33-20-9-17(28)18(29)10-21(20)35(38)39/h2-6,8-10,13,22,33H,7,11-12H2,1H3/t13-,22-/m1/s1. The van der Waals surface area contributed by atoms with E-state index >= 15 is 0 Å². The summed E-state index contributed by atoms with van der Waals surface area (Å²) in [7, 11) is 1.23. The number of alkyl halides is 3. The van der Waals surface area contributed by atoms with Crippen LogP contribution >= 0.6 is 0 Å². The van der Waals surface area contributed by atoms with Crippen LogP contribution in [0, 0.1) is 21.7 Å². The molecule has 2 aliphatic heterocycles. The lowest BCUT2D eigenvalue weighted by Crippen LogP contribution is -2.44. The van der Waals surface area contributed by atoms with Crippen LogP contribution in [0.4, 0.5) is 44.7 Å². The molecule has 3 aromatic rings. The van der Waals surface area contributed by atoms with E-state index in [4.69, 9.17) is 9.47 Å². The molecule has 2 atom stereocenters. The number of hydrogen-bond donors (Lipinski definition) is 1. The van der Waals surface area contributed by atoms with E-state index < -0.39 is 64.6 Å². The first-order valence-electron chi connectivity index (χ1n) is 12.3. The number of carbonyl (C=O) groups excluding carboxylic acids is 2. The minimum absolute atomic E-state index is 0.00598. The Hall–Kier alpha value is -4.95. The van der Waals surface area contributed by atoms with Crippen molar-refractivity contribution >= 4 is 34.6 Å². The lowest BCUT2D eigenvalue weighted by atomic mass is 9.97. The Balaban J connectivity index is 1.52.